The Labute approximate surface area is 156 Å². The molecule has 138 valence electrons. The molecule has 0 aliphatic rings. The summed E-state index contributed by atoms with van der Waals surface area (Å²) in [5.74, 6) is -0.302. The molecule has 0 radical (unpaired) electrons. The van der Waals surface area contributed by atoms with Gasteiger partial charge in [-0.15, -0.1) is 0 Å². The van der Waals surface area contributed by atoms with Gasteiger partial charge in [0.1, 0.15) is 0 Å². The number of nitrogens with zero attached hydrogens (tertiary/aromatic N) is 2. The van der Waals surface area contributed by atoms with Crippen LogP contribution in [0.5, 0.6) is 5.75 Å². The van der Waals surface area contributed by atoms with Crippen LogP contribution in [0.1, 0.15) is 22.0 Å². The van der Waals surface area contributed by atoms with Crippen molar-refractivity contribution in [1.29, 1.82) is 0 Å². The van der Waals surface area contributed by atoms with Gasteiger partial charge in [0.05, 0.1) is 18.1 Å². The third-order valence-corrected chi connectivity index (χ3v) is 4.33. The molecule has 0 aliphatic heterocycles. The summed E-state index contributed by atoms with van der Waals surface area (Å²) in [7, 11) is 5.12. The number of carbonyl (C=O) groups is 1. The number of methoxy groups -OCH3 is 1. The van der Waals surface area contributed by atoms with Crippen molar-refractivity contribution in [2.24, 2.45) is 0 Å². The number of hydrogen-bond donors (Lipinski definition) is 1. The van der Waals surface area contributed by atoms with E-state index >= 15 is 0 Å². The minimum atomic E-state index is -0.581. The predicted octanol–water partition coefficient (Wildman–Crippen LogP) is 3.29. The van der Waals surface area contributed by atoms with Crippen molar-refractivity contribution in [3.05, 3.63) is 68.7 Å². The quantitative estimate of drug-likeness (QED) is 0.591. The van der Waals surface area contributed by atoms with E-state index < -0.39 is 10.8 Å². The van der Waals surface area contributed by atoms with Crippen LogP contribution in [0.15, 0.2) is 42.5 Å². The van der Waals surface area contributed by atoms with Crippen LogP contribution in [-0.2, 0) is 0 Å². The van der Waals surface area contributed by atoms with Gasteiger partial charge in [0, 0.05) is 23.2 Å². The lowest BCUT2D eigenvalue weighted by Gasteiger charge is -2.26. The first-order valence-electron chi connectivity index (χ1n) is 7.86. The molecule has 8 heteroatoms. The van der Waals surface area contributed by atoms with Gasteiger partial charge in [-0.05, 0) is 37.9 Å². The van der Waals surface area contributed by atoms with Crippen LogP contribution in [0, 0.1) is 10.1 Å². The van der Waals surface area contributed by atoms with E-state index in [0.29, 0.717) is 11.6 Å². The van der Waals surface area contributed by atoms with Crippen LogP contribution < -0.4 is 10.1 Å². The van der Waals surface area contributed by atoms with E-state index in [1.54, 1.807) is 6.07 Å². The molecule has 1 N–H and O–H groups in total. The smallest absolute Gasteiger partial charge is 0.311 e. The number of ether oxygens (including phenoxy) is 1. The van der Waals surface area contributed by atoms with Gasteiger partial charge in [0.25, 0.3) is 5.91 Å². The number of carbonyl (C=O) groups excluding carboxylic acids is 1. The Balaban J connectivity index is 2.17. The van der Waals surface area contributed by atoms with Crippen LogP contribution in [0.25, 0.3) is 0 Å². The maximum Gasteiger partial charge on any atom is 0.311 e. The predicted molar refractivity (Wildman–Crippen MR) is 99.9 cm³/mol. The fourth-order valence-electron chi connectivity index (χ4n) is 2.58. The van der Waals surface area contributed by atoms with Crippen LogP contribution in [0.3, 0.4) is 0 Å². The Morgan fingerprint density at radius 1 is 1.31 bits per heavy atom. The molecule has 0 saturated heterocycles. The zero-order valence-electron chi connectivity index (χ0n) is 14.7. The van der Waals surface area contributed by atoms with Gasteiger partial charge in [0.15, 0.2) is 5.75 Å². The minimum Gasteiger partial charge on any atom is -0.490 e. The number of likely N-dealkylation sites (N-methyl/N-ethyl adjacent to an activating group) is 1. The summed E-state index contributed by atoms with van der Waals surface area (Å²) in [6, 6.07) is 11.4. The number of hydrogen-bond acceptors (Lipinski definition) is 5. The van der Waals surface area contributed by atoms with Gasteiger partial charge in [-0.1, -0.05) is 29.8 Å². The highest BCUT2D eigenvalue weighted by molar-refractivity contribution is 6.31. The molecule has 0 fully saturated rings. The van der Waals surface area contributed by atoms with Crippen LogP contribution >= 0.6 is 11.6 Å². The fourth-order valence-corrected chi connectivity index (χ4v) is 2.84. The molecule has 26 heavy (non-hydrogen) atoms. The molecular weight excluding hydrogens is 358 g/mol. The Morgan fingerprint density at radius 3 is 2.58 bits per heavy atom. The average molecular weight is 378 g/mol. The summed E-state index contributed by atoms with van der Waals surface area (Å²) in [6.07, 6.45) is 0. The van der Waals surface area contributed by atoms with E-state index in [-0.39, 0.29) is 23.0 Å². The first-order chi connectivity index (χ1) is 12.3. The van der Waals surface area contributed by atoms with Crippen LogP contribution in [0.2, 0.25) is 5.02 Å². The number of nitrogens with one attached hydrogen (secondary N) is 1. The van der Waals surface area contributed by atoms with Gasteiger partial charge in [-0.2, -0.15) is 0 Å². The van der Waals surface area contributed by atoms with Crippen molar-refractivity contribution < 1.29 is 14.5 Å². The van der Waals surface area contributed by atoms with Crippen molar-refractivity contribution in [2.45, 2.75) is 6.04 Å². The first kappa shape index (κ1) is 19.7. The van der Waals surface area contributed by atoms with E-state index in [1.165, 1.54) is 25.3 Å². The Hall–Kier alpha value is -2.64. The average Bonchev–Trinajstić information content (AvgIpc) is 2.62. The zero-order chi connectivity index (χ0) is 19.3. The normalized spacial score (nSPS) is 11.9. The summed E-state index contributed by atoms with van der Waals surface area (Å²) in [6.45, 7) is 0.301. The molecule has 2 rings (SSSR count). The number of rotatable bonds is 7. The summed E-state index contributed by atoms with van der Waals surface area (Å²) in [5.41, 5.74) is 0.824. The largest absolute Gasteiger partial charge is 0.490 e. The van der Waals surface area contributed by atoms with E-state index in [1.807, 2.05) is 37.2 Å². The molecule has 0 aromatic heterocycles. The number of benzene rings is 2. The van der Waals surface area contributed by atoms with E-state index in [4.69, 9.17) is 16.3 Å². The summed E-state index contributed by atoms with van der Waals surface area (Å²) in [4.78, 5) is 24.9. The fraction of sp³-hybridized carbons (Fsp3) is 0.278. The summed E-state index contributed by atoms with van der Waals surface area (Å²) < 4.78 is 4.95. The zero-order valence-corrected chi connectivity index (χ0v) is 15.5. The van der Waals surface area contributed by atoms with Crippen LogP contribution in [0.4, 0.5) is 5.69 Å². The van der Waals surface area contributed by atoms with Crippen molar-refractivity contribution in [1.82, 2.24) is 10.2 Å². The van der Waals surface area contributed by atoms with Crippen LogP contribution in [-0.4, -0.2) is 43.5 Å². The highest BCUT2D eigenvalue weighted by Gasteiger charge is 2.21. The molecule has 1 atom stereocenters. The second-order valence-corrected chi connectivity index (χ2v) is 6.26. The molecule has 2 aromatic rings. The van der Waals surface area contributed by atoms with Crippen molar-refractivity contribution in [2.75, 3.05) is 27.7 Å². The molecule has 7 nitrogen and oxygen atoms in total. The third kappa shape index (κ3) is 4.50. The van der Waals surface area contributed by atoms with Gasteiger partial charge in [0.2, 0.25) is 0 Å². The molecule has 0 bridgehead atoms. The summed E-state index contributed by atoms with van der Waals surface area (Å²) >= 11 is 6.26. The lowest BCUT2D eigenvalue weighted by atomic mass is 10.1. The molecule has 1 unspecified atom stereocenters. The second kappa shape index (κ2) is 8.64. The van der Waals surface area contributed by atoms with Crippen molar-refractivity contribution >= 4 is 23.2 Å². The highest BCUT2D eigenvalue weighted by Crippen LogP contribution is 2.28. The topological polar surface area (TPSA) is 84.7 Å². The van der Waals surface area contributed by atoms with E-state index in [9.17, 15) is 14.9 Å². The molecular formula is C18H20ClN3O4. The maximum absolute atomic E-state index is 12.4. The number of amides is 1. The van der Waals surface area contributed by atoms with Gasteiger partial charge >= 0.3 is 5.69 Å². The molecule has 0 spiro atoms. The Morgan fingerprint density at radius 2 is 2.00 bits per heavy atom. The maximum atomic E-state index is 12.4. The molecule has 0 saturated carbocycles. The van der Waals surface area contributed by atoms with Gasteiger partial charge in [-0.25, -0.2) is 0 Å². The molecule has 0 heterocycles. The van der Waals surface area contributed by atoms with Crippen molar-refractivity contribution in [3.8, 4) is 5.75 Å². The van der Waals surface area contributed by atoms with Crippen molar-refractivity contribution in [3.63, 3.8) is 0 Å². The second-order valence-electron chi connectivity index (χ2n) is 5.85. The minimum absolute atomic E-state index is 0.105. The first-order valence-corrected chi connectivity index (χ1v) is 8.24. The van der Waals surface area contributed by atoms with Gasteiger partial charge < -0.3 is 15.0 Å². The Kier molecular flexibility index (Phi) is 6.54. The number of nitro groups is 1. The number of halogens is 1. The molecule has 2 aromatic carbocycles. The SMILES string of the molecule is COc1ccc(C(=O)NCC(c2ccccc2Cl)N(C)C)cc1[N+](=O)[O-]. The molecule has 0 aliphatic carbocycles. The van der Waals surface area contributed by atoms with Gasteiger partial charge in [-0.3, -0.25) is 14.9 Å². The lowest BCUT2D eigenvalue weighted by Crippen LogP contribution is -2.34. The number of nitro benzene ring substituents is 1. The summed E-state index contributed by atoms with van der Waals surface area (Å²) in [5, 5.41) is 14.5. The third-order valence-electron chi connectivity index (χ3n) is 3.98. The standard InChI is InChI=1S/C18H20ClN3O4/c1-21(2)16(13-6-4-5-7-14(13)19)11-20-18(23)12-8-9-17(26-3)15(10-12)22(24)25/h4-10,16H,11H2,1-3H3,(H,20,23). The Bertz CT molecular complexity index is 811. The molecule has 1 amide bonds. The monoisotopic (exact) mass is 377 g/mol. The van der Waals surface area contributed by atoms with E-state index in [0.717, 1.165) is 5.56 Å². The highest BCUT2D eigenvalue weighted by atomic mass is 35.5. The lowest BCUT2D eigenvalue weighted by molar-refractivity contribution is -0.385. The van der Waals surface area contributed by atoms with E-state index in [2.05, 4.69) is 5.32 Å².